The van der Waals surface area contributed by atoms with E-state index in [1.165, 1.54) is 63.8 Å². The molecule has 5 unspecified atom stereocenters. The predicted octanol–water partition coefficient (Wildman–Crippen LogP) is 10.2. The molecule has 32 heavy (non-hydrogen) atoms. The molecule has 0 bridgehead atoms. The molecule has 2 fully saturated rings. The Morgan fingerprint density at radius 2 is 1.53 bits per heavy atom. The van der Waals surface area contributed by atoms with Gasteiger partial charge in [0.15, 0.2) is 0 Å². The second kappa shape index (κ2) is 15.5. The Kier molecular flexibility index (Phi) is 16.2. The van der Waals surface area contributed by atoms with E-state index < -0.39 is 25.3 Å². The van der Waals surface area contributed by atoms with Gasteiger partial charge in [-0.2, -0.15) is 0 Å². The third-order valence-electron chi connectivity index (χ3n) is 7.14. The van der Waals surface area contributed by atoms with Crippen molar-refractivity contribution in [2.24, 2.45) is 17.8 Å². The summed E-state index contributed by atoms with van der Waals surface area (Å²) in [6.07, 6.45) is 12.7. The summed E-state index contributed by atoms with van der Waals surface area (Å²) in [6.45, 7) is 19.6. The summed E-state index contributed by atoms with van der Waals surface area (Å²) in [5.41, 5.74) is 1.06. The van der Waals surface area contributed by atoms with Gasteiger partial charge in [-0.05, 0) is 51.4 Å². The number of rotatable bonds is 9. The van der Waals surface area contributed by atoms with Crippen LogP contribution in [0.3, 0.4) is 0 Å². The van der Waals surface area contributed by atoms with E-state index in [0.29, 0.717) is 0 Å². The molecule has 0 aliphatic heterocycles. The zero-order valence-corrected chi connectivity index (χ0v) is 26.8. The van der Waals surface area contributed by atoms with Crippen LogP contribution in [0.5, 0.6) is 0 Å². The van der Waals surface area contributed by atoms with Crippen LogP contribution in [0.2, 0.25) is 18.1 Å². The second-order valence-electron chi connectivity index (χ2n) is 12.3. The number of unbranched alkanes of at least 4 members (excludes halogenated alkanes) is 3. The van der Waals surface area contributed by atoms with E-state index in [4.69, 9.17) is 28.3 Å². The summed E-state index contributed by atoms with van der Waals surface area (Å²) in [4.78, 5) is 5.64. The molecule has 0 saturated heterocycles. The van der Waals surface area contributed by atoms with Crippen molar-refractivity contribution >= 4 is 26.8 Å². The molecule has 0 aromatic heterocycles. The Balaban J connectivity index is 0.00000227. The zero-order valence-electron chi connectivity index (χ0n) is 22.7. The molecule has 0 aromatic rings. The van der Waals surface area contributed by atoms with Gasteiger partial charge in [0.2, 0.25) is 0 Å². The van der Waals surface area contributed by atoms with Gasteiger partial charge < -0.3 is 17.1 Å². The van der Waals surface area contributed by atoms with Crippen molar-refractivity contribution in [1.29, 1.82) is 0 Å². The molecule has 0 spiro atoms. The van der Waals surface area contributed by atoms with Gasteiger partial charge in [0.1, 0.15) is 0 Å². The molecule has 2 saturated carbocycles. The molecule has 192 valence electrons. The van der Waals surface area contributed by atoms with Gasteiger partial charge in [0.05, 0.1) is 5.60 Å². The first-order valence-corrected chi connectivity index (χ1v) is 19.7. The Labute approximate surface area is 219 Å². The molecular weight excluding hydrogens is 489 g/mol. The SMILES string of the molecule is CC1CC2CCCCC2C1[Si](C)(CCCCCCOC(C)(C)C)[N-]C(C)(C)C.[CH3-].[Cl][Ti][Cl]. The third kappa shape index (κ3) is 12.4. The van der Waals surface area contributed by atoms with E-state index in [1.54, 1.807) is 0 Å². The van der Waals surface area contributed by atoms with Crippen molar-refractivity contribution in [3.63, 3.8) is 0 Å². The van der Waals surface area contributed by atoms with Crippen LogP contribution < -0.4 is 0 Å². The monoisotopic (exact) mass is 541 g/mol. The first-order valence-electron chi connectivity index (χ1n) is 12.7. The van der Waals surface area contributed by atoms with Crippen LogP contribution >= 0.6 is 18.6 Å². The minimum absolute atomic E-state index is 0. The Morgan fingerprint density at radius 3 is 2.09 bits per heavy atom. The molecule has 2 aliphatic rings. The van der Waals surface area contributed by atoms with Crippen LogP contribution in [0.4, 0.5) is 0 Å². The Bertz CT molecular complexity index is 497. The second-order valence-corrected chi connectivity index (χ2v) is 19.0. The van der Waals surface area contributed by atoms with Gasteiger partial charge in [0.25, 0.3) is 0 Å². The fraction of sp³-hybridized carbons (Fsp3) is 0.962. The van der Waals surface area contributed by atoms with Gasteiger partial charge in [-0.15, -0.1) is 5.54 Å². The maximum atomic E-state index is 5.89. The third-order valence-corrected chi connectivity index (χ3v) is 12.1. The maximum absolute atomic E-state index is 5.89. The van der Waals surface area contributed by atoms with Crippen LogP contribution in [0, 0.1) is 25.2 Å². The quantitative estimate of drug-likeness (QED) is 0.162. The molecule has 5 atom stereocenters. The first-order chi connectivity index (χ1) is 14.3. The van der Waals surface area contributed by atoms with Crippen molar-refractivity contribution in [2.45, 2.75) is 136 Å². The van der Waals surface area contributed by atoms with Crippen LogP contribution in [-0.2, 0) is 21.8 Å². The standard InChI is InChI=1S/C25H50NOSi.CH3.2ClH.Ti/c1-20-19-21-15-11-12-16-22(21)23(20)28(8,26-24(2,3)4)18-14-10-9-13-17-27-25(5,6)7;;;;/h20-23H,9-19H2,1-8H3;1H3;2*1H;/q2*-1;;;+2/p-2. The van der Waals surface area contributed by atoms with E-state index in [9.17, 15) is 0 Å². The summed E-state index contributed by atoms with van der Waals surface area (Å²) in [5, 5.41) is 0. The van der Waals surface area contributed by atoms with Gasteiger partial charge in [0, 0.05) is 6.61 Å². The van der Waals surface area contributed by atoms with Crippen molar-refractivity contribution < 1.29 is 21.8 Å². The van der Waals surface area contributed by atoms with Crippen molar-refractivity contribution in [3.8, 4) is 0 Å². The van der Waals surface area contributed by atoms with Gasteiger partial charge in [-0.1, -0.05) is 99.0 Å². The fourth-order valence-electron chi connectivity index (χ4n) is 6.50. The molecule has 0 N–H and O–H groups in total. The molecular formula is C26H53Cl2NOSiTi-2. The number of hydrogen-bond acceptors (Lipinski definition) is 1. The van der Waals surface area contributed by atoms with Crippen LogP contribution in [0.1, 0.15) is 106 Å². The average molecular weight is 543 g/mol. The van der Waals surface area contributed by atoms with Crippen molar-refractivity contribution in [3.05, 3.63) is 12.4 Å². The molecule has 0 heterocycles. The minimum atomic E-state index is -1.63. The van der Waals surface area contributed by atoms with Gasteiger partial charge in [-0.3, -0.25) is 0 Å². The molecule has 2 aliphatic carbocycles. The Hall–Kier alpha value is 1.43. The summed E-state index contributed by atoms with van der Waals surface area (Å²) in [5.74, 6) is 2.91. The number of halogens is 2. The number of fused-ring (bicyclic) bond motifs is 1. The Morgan fingerprint density at radius 1 is 0.969 bits per heavy atom. The van der Waals surface area contributed by atoms with E-state index in [1.807, 2.05) is 0 Å². The van der Waals surface area contributed by atoms with Gasteiger partial charge in [-0.25, -0.2) is 0 Å². The molecule has 6 heteroatoms. The topological polar surface area (TPSA) is 23.3 Å². The van der Waals surface area contributed by atoms with Gasteiger partial charge >= 0.3 is 35.6 Å². The van der Waals surface area contributed by atoms with E-state index in [-0.39, 0.29) is 18.6 Å². The van der Waals surface area contributed by atoms with Crippen LogP contribution in [-0.4, -0.2) is 26.0 Å². The fourth-order valence-corrected chi connectivity index (χ4v) is 12.3. The summed E-state index contributed by atoms with van der Waals surface area (Å²) < 4.78 is 5.89. The number of hydrogen-bond donors (Lipinski definition) is 0. The first kappa shape index (κ1) is 33.4. The van der Waals surface area contributed by atoms with E-state index in [2.05, 4.69) is 55.0 Å². The van der Waals surface area contributed by atoms with E-state index >= 15 is 0 Å². The van der Waals surface area contributed by atoms with E-state index in [0.717, 1.165) is 29.9 Å². The average Bonchev–Trinajstić information content (AvgIpc) is 2.95. The summed E-state index contributed by atoms with van der Waals surface area (Å²) in [7, 11) is 8.15. The molecule has 0 aromatic carbocycles. The molecule has 0 radical (unpaired) electrons. The molecule has 0 amide bonds. The zero-order chi connectivity index (χ0) is 23.7. The molecule has 2 nitrogen and oxygen atoms in total. The predicted molar refractivity (Wildman–Crippen MR) is 145 cm³/mol. The summed E-state index contributed by atoms with van der Waals surface area (Å²) >= 11 is -0.556. The normalized spacial score (nSPS) is 27.4. The number of ether oxygens (including phenoxy) is 1. The number of nitrogens with zero attached hydrogens (tertiary/aromatic N) is 1. The van der Waals surface area contributed by atoms with Crippen molar-refractivity contribution in [1.82, 2.24) is 0 Å². The molecule has 2 rings (SSSR count). The van der Waals surface area contributed by atoms with Crippen LogP contribution in [0.15, 0.2) is 0 Å². The van der Waals surface area contributed by atoms with Crippen LogP contribution in [0.25, 0.3) is 4.98 Å². The van der Waals surface area contributed by atoms with Crippen molar-refractivity contribution in [2.75, 3.05) is 6.61 Å². The summed E-state index contributed by atoms with van der Waals surface area (Å²) in [6, 6.07) is 1.41.